The summed E-state index contributed by atoms with van der Waals surface area (Å²) in [6.07, 6.45) is 3.26. The van der Waals surface area contributed by atoms with Crippen molar-refractivity contribution in [2.75, 3.05) is 25.0 Å². The number of carbonyl (C=O) groups excluding carboxylic acids is 1. The fourth-order valence-corrected chi connectivity index (χ4v) is 5.79. The Morgan fingerprint density at radius 1 is 1.59 bits per heavy atom. The fourth-order valence-electron chi connectivity index (χ4n) is 2.98. The summed E-state index contributed by atoms with van der Waals surface area (Å²) in [5, 5.41) is 5.85. The summed E-state index contributed by atoms with van der Waals surface area (Å²) in [5.41, 5.74) is 0.229. The molecule has 0 aromatic carbocycles. The summed E-state index contributed by atoms with van der Waals surface area (Å²) < 4.78 is 47.7. The molecule has 0 aliphatic carbocycles. The van der Waals surface area contributed by atoms with E-state index in [1.54, 1.807) is 6.92 Å². The van der Waals surface area contributed by atoms with Crippen molar-refractivity contribution >= 4 is 61.4 Å². The third-order valence-corrected chi connectivity index (χ3v) is 7.88. The molecule has 1 fully saturated rings. The number of ether oxygens (including phenoxy) is 1. The van der Waals surface area contributed by atoms with E-state index in [9.17, 15) is 17.6 Å². The van der Waals surface area contributed by atoms with Crippen LogP contribution in [0.15, 0.2) is 44.7 Å². The standard InChI is InChI=1S/C17H21BFN6O4PS2/c1-4-21-25-10(2)22-14(17(18,19)30)7-12(25)13-9-24(5-6-29-13)32(27,28)15-8-20-16(31-15)23-11(3)26/h4,7-8,13H,2,5-6,9,30H2,1,3H3,(H,20,23,26)/b21-4-. The zero-order chi connectivity index (χ0) is 23.7. The predicted octanol–water partition coefficient (Wildman–Crippen LogP) is 1.28. The van der Waals surface area contributed by atoms with E-state index in [1.807, 2.05) is 9.24 Å². The number of sulfonamides is 1. The number of morpholine rings is 1. The van der Waals surface area contributed by atoms with Gasteiger partial charge in [0, 0.05) is 26.2 Å². The lowest BCUT2D eigenvalue weighted by molar-refractivity contribution is -0.114. The van der Waals surface area contributed by atoms with Crippen LogP contribution in [0.5, 0.6) is 0 Å². The van der Waals surface area contributed by atoms with Crippen LogP contribution in [0.2, 0.25) is 0 Å². The molecule has 15 heteroatoms. The Bertz CT molecular complexity index is 1110. The molecule has 170 valence electrons. The van der Waals surface area contributed by atoms with Gasteiger partial charge in [0.15, 0.2) is 9.34 Å². The molecule has 2 aliphatic rings. The number of aliphatic imine (C=N–C) groups is 1. The number of nitrogens with zero attached hydrogens (tertiary/aromatic N) is 5. The van der Waals surface area contributed by atoms with Crippen molar-refractivity contribution in [1.29, 1.82) is 0 Å². The molecule has 1 amide bonds. The summed E-state index contributed by atoms with van der Waals surface area (Å²) in [5.74, 6) is -0.248. The number of carbonyl (C=O) groups is 1. The molecule has 0 spiro atoms. The molecule has 10 nitrogen and oxygen atoms in total. The van der Waals surface area contributed by atoms with Gasteiger partial charge in [-0.3, -0.25) is 4.79 Å². The van der Waals surface area contributed by atoms with Crippen molar-refractivity contribution in [2.45, 2.75) is 29.5 Å². The minimum absolute atomic E-state index is 0.0238. The Labute approximate surface area is 193 Å². The van der Waals surface area contributed by atoms with Gasteiger partial charge >= 0.3 is 0 Å². The van der Waals surface area contributed by atoms with Gasteiger partial charge in [-0.1, -0.05) is 17.9 Å². The van der Waals surface area contributed by atoms with Crippen LogP contribution >= 0.6 is 20.6 Å². The molecule has 3 heterocycles. The first-order valence-electron chi connectivity index (χ1n) is 9.33. The lowest BCUT2D eigenvalue weighted by Gasteiger charge is -2.37. The average molecular weight is 498 g/mol. The van der Waals surface area contributed by atoms with E-state index < -0.39 is 21.4 Å². The lowest BCUT2D eigenvalue weighted by atomic mass is 9.93. The molecule has 0 saturated carbocycles. The SMILES string of the molecule is [B]C(F)(P)C1=NC(=C)N(/N=C\C)C(C2CN(S(=O)(=O)c3cnc(NC(C)=O)s3)CCO2)=C1. The highest BCUT2D eigenvalue weighted by Gasteiger charge is 2.38. The second-order valence-electron chi connectivity index (χ2n) is 6.82. The summed E-state index contributed by atoms with van der Waals surface area (Å²) in [6, 6.07) is 0. The maximum atomic E-state index is 14.4. The van der Waals surface area contributed by atoms with Gasteiger partial charge in [-0.05, 0) is 13.0 Å². The average Bonchev–Trinajstić information content (AvgIpc) is 3.17. The number of amides is 1. The molecule has 3 unspecified atom stereocenters. The third kappa shape index (κ3) is 5.32. The maximum absolute atomic E-state index is 14.4. The maximum Gasteiger partial charge on any atom is 0.254 e. The molecule has 1 aromatic heterocycles. The minimum Gasteiger partial charge on any atom is -0.369 e. The van der Waals surface area contributed by atoms with E-state index in [4.69, 9.17) is 12.6 Å². The fraction of sp³-hybridized carbons (Fsp3) is 0.412. The Balaban J connectivity index is 1.90. The Hall–Kier alpha value is -1.99. The van der Waals surface area contributed by atoms with Crippen molar-refractivity contribution in [1.82, 2.24) is 14.3 Å². The normalized spacial score (nSPS) is 22.4. The highest BCUT2D eigenvalue weighted by molar-refractivity contribution is 7.91. The highest BCUT2D eigenvalue weighted by Crippen LogP contribution is 2.32. The number of alkyl halides is 1. The quantitative estimate of drug-likeness (QED) is 0.359. The van der Waals surface area contributed by atoms with Crippen LogP contribution in [-0.2, 0) is 19.6 Å². The number of allylic oxidation sites excluding steroid dienone is 1. The lowest BCUT2D eigenvalue weighted by Crippen LogP contribution is -2.48. The monoisotopic (exact) mass is 498 g/mol. The Morgan fingerprint density at radius 3 is 2.94 bits per heavy atom. The van der Waals surface area contributed by atoms with E-state index >= 15 is 0 Å². The molecule has 0 bridgehead atoms. The van der Waals surface area contributed by atoms with Gasteiger partial charge in [-0.25, -0.2) is 27.8 Å². The Kier molecular flexibility index (Phi) is 7.30. The second kappa shape index (κ2) is 9.48. The van der Waals surface area contributed by atoms with E-state index in [0.29, 0.717) is 5.70 Å². The van der Waals surface area contributed by atoms with Crippen LogP contribution in [0.3, 0.4) is 0 Å². The topological polar surface area (TPSA) is 117 Å². The van der Waals surface area contributed by atoms with Gasteiger partial charge in [0.05, 0.1) is 24.2 Å². The summed E-state index contributed by atoms with van der Waals surface area (Å²) >= 11 is 0.847. The van der Waals surface area contributed by atoms with Crippen LogP contribution in [0.4, 0.5) is 9.52 Å². The first-order valence-corrected chi connectivity index (χ1v) is 12.2. The molecule has 2 aliphatic heterocycles. The van der Waals surface area contributed by atoms with Crippen LogP contribution in [-0.4, -0.2) is 79.5 Å². The van der Waals surface area contributed by atoms with Gasteiger partial charge in [0.2, 0.25) is 5.91 Å². The number of hydrazone groups is 1. The van der Waals surface area contributed by atoms with Crippen molar-refractivity contribution in [3.05, 3.63) is 30.4 Å². The predicted molar refractivity (Wildman–Crippen MR) is 125 cm³/mol. The van der Waals surface area contributed by atoms with Gasteiger partial charge in [0.25, 0.3) is 10.0 Å². The molecular weight excluding hydrogens is 477 g/mol. The van der Waals surface area contributed by atoms with Crippen LogP contribution in [0.1, 0.15) is 13.8 Å². The van der Waals surface area contributed by atoms with Crippen LogP contribution in [0.25, 0.3) is 0 Å². The second-order valence-corrected chi connectivity index (χ2v) is 10.9. The minimum atomic E-state index is -3.92. The van der Waals surface area contributed by atoms with E-state index in [2.05, 4.69) is 27.0 Å². The van der Waals surface area contributed by atoms with E-state index in [1.165, 1.54) is 34.7 Å². The largest absolute Gasteiger partial charge is 0.369 e. The van der Waals surface area contributed by atoms with Gasteiger partial charge in [-0.2, -0.15) is 9.41 Å². The number of aromatic nitrogens is 1. The number of halogens is 1. The van der Waals surface area contributed by atoms with E-state index in [0.717, 1.165) is 11.3 Å². The zero-order valence-electron chi connectivity index (χ0n) is 17.4. The van der Waals surface area contributed by atoms with Crippen molar-refractivity contribution < 1.29 is 22.3 Å². The van der Waals surface area contributed by atoms with Gasteiger partial charge in [0.1, 0.15) is 25.1 Å². The van der Waals surface area contributed by atoms with Crippen molar-refractivity contribution in [3.63, 3.8) is 0 Å². The Morgan fingerprint density at radius 2 is 2.31 bits per heavy atom. The summed E-state index contributed by atoms with van der Waals surface area (Å²) in [4.78, 5) is 19.2. The van der Waals surface area contributed by atoms with Gasteiger partial charge in [-0.15, -0.1) is 9.24 Å². The molecule has 2 radical (unpaired) electrons. The molecule has 1 saturated heterocycles. The molecule has 1 N–H and O–H groups in total. The molecule has 32 heavy (non-hydrogen) atoms. The first-order chi connectivity index (χ1) is 14.9. The number of hydrogen-bond acceptors (Lipinski definition) is 9. The molecule has 1 aromatic rings. The summed E-state index contributed by atoms with van der Waals surface area (Å²) in [7, 11) is 3.47. The number of rotatable bonds is 6. The van der Waals surface area contributed by atoms with Crippen LogP contribution in [0, 0.1) is 0 Å². The first kappa shape index (κ1) is 24.7. The van der Waals surface area contributed by atoms with E-state index in [-0.39, 0.29) is 46.5 Å². The van der Waals surface area contributed by atoms with Crippen molar-refractivity contribution in [2.24, 2.45) is 10.1 Å². The smallest absolute Gasteiger partial charge is 0.254 e. The molecular formula is C17H21BFN6O4PS2. The summed E-state index contributed by atoms with van der Waals surface area (Å²) in [6.45, 7) is 6.89. The highest BCUT2D eigenvalue weighted by atomic mass is 32.2. The molecule has 3 rings (SSSR count). The van der Waals surface area contributed by atoms with Gasteiger partial charge < -0.3 is 10.1 Å². The number of anilines is 1. The number of nitrogens with one attached hydrogen (secondary N) is 1. The molecule has 3 atom stereocenters. The zero-order valence-corrected chi connectivity index (χ0v) is 20.1. The third-order valence-electron chi connectivity index (χ3n) is 4.37. The van der Waals surface area contributed by atoms with Crippen molar-refractivity contribution in [3.8, 4) is 0 Å². The number of hydrogen-bond donors (Lipinski definition) is 1. The van der Waals surface area contributed by atoms with Crippen LogP contribution < -0.4 is 5.32 Å². The number of thiazole rings is 1.